The van der Waals surface area contributed by atoms with E-state index in [9.17, 15) is 10.2 Å². The molecular weight excluding hydrogens is 262 g/mol. The van der Waals surface area contributed by atoms with Crippen molar-refractivity contribution in [2.24, 2.45) is 11.8 Å². The van der Waals surface area contributed by atoms with Crippen LogP contribution in [-0.2, 0) is 4.74 Å². The Morgan fingerprint density at radius 1 is 1.25 bits per heavy atom. The lowest BCUT2D eigenvalue weighted by Gasteiger charge is -2.34. The number of ether oxygens (including phenoxy) is 1. The van der Waals surface area contributed by atoms with Gasteiger partial charge in [0.15, 0.2) is 11.5 Å². The third-order valence-corrected chi connectivity index (χ3v) is 3.84. The maximum atomic E-state index is 9.43. The normalized spacial score (nSPS) is 27.0. The SMILES string of the molecule is Nc1ncnc2c1ncn2[C@@H]1C[C@H](CO)[C@@H](CO)CO1. The number of aliphatic hydroxyl groups excluding tert-OH is 2. The number of aromatic nitrogens is 4. The summed E-state index contributed by atoms with van der Waals surface area (Å²) in [5.74, 6) is 0.289. The molecule has 0 unspecified atom stereocenters. The van der Waals surface area contributed by atoms with Gasteiger partial charge in [0.1, 0.15) is 18.1 Å². The molecule has 4 N–H and O–H groups in total. The van der Waals surface area contributed by atoms with Gasteiger partial charge < -0.3 is 20.7 Å². The van der Waals surface area contributed by atoms with Crippen molar-refractivity contribution < 1.29 is 14.9 Å². The highest BCUT2D eigenvalue weighted by Crippen LogP contribution is 2.32. The Balaban J connectivity index is 1.90. The maximum absolute atomic E-state index is 9.43. The van der Waals surface area contributed by atoms with Gasteiger partial charge in [0, 0.05) is 19.1 Å². The van der Waals surface area contributed by atoms with Crippen LogP contribution in [-0.4, -0.2) is 49.6 Å². The summed E-state index contributed by atoms with van der Waals surface area (Å²) >= 11 is 0. The van der Waals surface area contributed by atoms with Crippen molar-refractivity contribution in [2.75, 3.05) is 25.6 Å². The van der Waals surface area contributed by atoms with Crippen molar-refractivity contribution in [1.82, 2.24) is 19.5 Å². The maximum Gasteiger partial charge on any atom is 0.167 e. The first kappa shape index (κ1) is 13.2. The number of aliphatic hydroxyl groups is 2. The second-order valence-electron chi connectivity index (χ2n) is 4.99. The molecule has 8 nitrogen and oxygen atoms in total. The molecule has 108 valence electrons. The third-order valence-electron chi connectivity index (χ3n) is 3.84. The van der Waals surface area contributed by atoms with Crippen LogP contribution in [0.5, 0.6) is 0 Å². The highest BCUT2D eigenvalue weighted by atomic mass is 16.5. The molecule has 0 bridgehead atoms. The number of rotatable bonds is 3. The number of nitrogens with zero attached hydrogens (tertiary/aromatic N) is 4. The highest BCUT2D eigenvalue weighted by molar-refractivity contribution is 5.81. The standard InChI is InChI=1S/C12H17N5O3/c13-11-10-12(15-5-14-11)17(6-16-10)9-1-7(2-18)8(3-19)4-20-9/h5-9,18-19H,1-4H2,(H2,13,14,15)/t7-,8+,9+/m1/s1. The van der Waals surface area contributed by atoms with E-state index in [1.165, 1.54) is 6.33 Å². The fourth-order valence-corrected chi connectivity index (χ4v) is 2.59. The van der Waals surface area contributed by atoms with Gasteiger partial charge in [-0.15, -0.1) is 0 Å². The number of hydrogen-bond acceptors (Lipinski definition) is 7. The fourth-order valence-electron chi connectivity index (χ4n) is 2.59. The summed E-state index contributed by atoms with van der Waals surface area (Å²) in [6, 6.07) is 0. The molecule has 1 saturated heterocycles. The molecule has 0 aromatic carbocycles. The first-order valence-electron chi connectivity index (χ1n) is 6.51. The van der Waals surface area contributed by atoms with Gasteiger partial charge in [-0.05, 0) is 12.3 Å². The van der Waals surface area contributed by atoms with Crippen LogP contribution in [0.2, 0.25) is 0 Å². The molecule has 1 aliphatic heterocycles. The van der Waals surface area contributed by atoms with Gasteiger partial charge >= 0.3 is 0 Å². The quantitative estimate of drug-likeness (QED) is 0.695. The van der Waals surface area contributed by atoms with Crippen LogP contribution < -0.4 is 5.73 Å². The minimum absolute atomic E-state index is 0.00427. The van der Waals surface area contributed by atoms with E-state index in [0.29, 0.717) is 30.0 Å². The Bertz CT molecular complexity index is 602. The second-order valence-corrected chi connectivity index (χ2v) is 4.99. The van der Waals surface area contributed by atoms with E-state index in [0.717, 1.165) is 0 Å². The molecule has 8 heteroatoms. The Morgan fingerprint density at radius 3 is 2.80 bits per heavy atom. The van der Waals surface area contributed by atoms with Crippen LogP contribution in [0.25, 0.3) is 11.2 Å². The lowest BCUT2D eigenvalue weighted by Crippen LogP contribution is -2.35. The summed E-state index contributed by atoms with van der Waals surface area (Å²) in [5, 5.41) is 18.7. The molecule has 0 aliphatic carbocycles. The average molecular weight is 279 g/mol. The minimum Gasteiger partial charge on any atom is -0.396 e. The van der Waals surface area contributed by atoms with Crippen molar-refractivity contribution in [3.8, 4) is 0 Å². The highest BCUT2D eigenvalue weighted by Gasteiger charge is 2.32. The largest absolute Gasteiger partial charge is 0.396 e. The Labute approximate surface area is 115 Å². The van der Waals surface area contributed by atoms with Crippen LogP contribution in [0.15, 0.2) is 12.7 Å². The average Bonchev–Trinajstić information content (AvgIpc) is 2.92. The van der Waals surface area contributed by atoms with E-state index < -0.39 is 0 Å². The zero-order chi connectivity index (χ0) is 14.1. The lowest BCUT2D eigenvalue weighted by atomic mass is 9.88. The van der Waals surface area contributed by atoms with Crippen molar-refractivity contribution >= 4 is 17.0 Å². The zero-order valence-corrected chi connectivity index (χ0v) is 10.9. The van der Waals surface area contributed by atoms with Gasteiger partial charge in [-0.25, -0.2) is 15.0 Å². The number of fused-ring (bicyclic) bond motifs is 1. The van der Waals surface area contributed by atoms with Crippen molar-refractivity contribution in [2.45, 2.75) is 12.6 Å². The summed E-state index contributed by atoms with van der Waals surface area (Å²) < 4.78 is 7.55. The predicted molar refractivity (Wildman–Crippen MR) is 70.5 cm³/mol. The van der Waals surface area contributed by atoms with Crippen LogP contribution in [0, 0.1) is 11.8 Å². The van der Waals surface area contributed by atoms with Crippen LogP contribution >= 0.6 is 0 Å². The molecular formula is C12H17N5O3. The summed E-state index contributed by atoms with van der Waals surface area (Å²) in [6.07, 6.45) is 3.33. The number of anilines is 1. The van der Waals surface area contributed by atoms with E-state index in [1.54, 1.807) is 10.9 Å². The minimum atomic E-state index is -0.269. The Kier molecular flexibility index (Phi) is 3.51. The molecule has 1 aliphatic rings. The molecule has 0 amide bonds. The van der Waals surface area contributed by atoms with E-state index in [4.69, 9.17) is 10.5 Å². The molecule has 0 spiro atoms. The molecule has 3 rings (SSSR count). The van der Waals surface area contributed by atoms with Crippen LogP contribution in [0.3, 0.4) is 0 Å². The number of imidazole rings is 1. The number of nitrogens with two attached hydrogens (primary N) is 1. The van der Waals surface area contributed by atoms with Crippen molar-refractivity contribution in [1.29, 1.82) is 0 Å². The van der Waals surface area contributed by atoms with Crippen LogP contribution in [0.4, 0.5) is 5.82 Å². The monoisotopic (exact) mass is 279 g/mol. The van der Waals surface area contributed by atoms with E-state index in [-0.39, 0.29) is 31.3 Å². The molecule has 1 fully saturated rings. The zero-order valence-electron chi connectivity index (χ0n) is 10.9. The first-order valence-corrected chi connectivity index (χ1v) is 6.51. The first-order chi connectivity index (χ1) is 9.74. The summed E-state index contributed by atoms with van der Waals surface area (Å²) in [6.45, 7) is 0.430. The molecule has 3 atom stereocenters. The van der Waals surface area contributed by atoms with E-state index in [1.807, 2.05) is 0 Å². The molecule has 20 heavy (non-hydrogen) atoms. The van der Waals surface area contributed by atoms with Gasteiger partial charge in [-0.1, -0.05) is 0 Å². The van der Waals surface area contributed by atoms with E-state index in [2.05, 4.69) is 15.0 Å². The number of hydrogen-bond donors (Lipinski definition) is 3. The summed E-state index contributed by atoms with van der Waals surface area (Å²) in [4.78, 5) is 12.3. The smallest absolute Gasteiger partial charge is 0.167 e. The van der Waals surface area contributed by atoms with Gasteiger partial charge in [0.25, 0.3) is 0 Å². The topological polar surface area (TPSA) is 119 Å². The Hall–Kier alpha value is -1.77. The van der Waals surface area contributed by atoms with Gasteiger partial charge in [0.2, 0.25) is 0 Å². The van der Waals surface area contributed by atoms with Crippen molar-refractivity contribution in [3.05, 3.63) is 12.7 Å². The fraction of sp³-hybridized carbons (Fsp3) is 0.583. The van der Waals surface area contributed by atoms with Crippen LogP contribution in [0.1, 0.15) is 12.6 Å². The second kappa shape index (κ2) is 5.31. The van der Waals surface area contributed by atoms with Gasteiger partial charge in [0.05, 0.1) is 12.9 Å². The summed E-state index contributed by atoms with van der Waals surface area (Å²) in [5.41, 5.74) is 6.91. The Morgan fingerprint density at radius 2 is 2.05 bits per heavy atom. The number of nitrogen functional groups attached to an aromatic ring is 1. The third kappa shape index (κ3) is 2.11. The summed E-state index contributed by atoms with van der Waals surface area (Å²) in [7, 11) is 0. The molecule has 0 saturated carbocycles. The van der Waals surface area contributed by atoms with Gasteiger partial charge in [-0.3, -0.25) is 4.57 Å². The van der Waals surface area contributed by atoms with Gasteiger partial charge in [-0.2, -0.15) is 0 Å². The van der Waals surface area contributed by atoms with E-state index >= 15 is 0 Å². The molecule has 2 aromatic heterocycles. The lowest BCUT2D eigenvalue weighted by molar-refractivity contribution is -0.104. The predicted octanol–water partition coefficient (Wildman–Crippen LogP) is -0.456. The molecule has 0 radical (unpaired) electrons. The molecule has 3 heterocycles. The van der Waals surface area contributed by atoms with Crippen molar-refractivity contribution in [3.63, 3.8) is 0 Å². The molecule has 2 aromatic rings.